The molecule has 0 aliphatic rings. The maximum Gasteiger partial charge on any atom is 0.132 e. The van der Waals surface area contributed by atoms with E-state index in [1.807, 2.05) is 26.1 Å². The summed E-state index contributed by atoms with van der Waals surface area (Å²) in [7, 11) is 0. The minimum absolute atomic E-state index is 0.558. The standard InChI is InChI=1S/C15H18N6/c1-3-13-19-9-11(2)15(21-13)18-7-6-17-14-5-4-12(8-16)10-20-14/h4-5,9-10H,3,6-7H2,1-2H3,(H,17,20)(H,18,19,21). The van der Waals surface area contributed by atoms with Crippen LogP contribution in [-0.2, 0) is 6.42 Å². The molecule has 0 saturated carbocycles. The highest BCUT2D eigenvalue weighted by molar-refractivity contribution is 5.43. The van der Waals surface area contributed by atoms with Crippen LogP contribution in [0.25, 0.3) is 0 Å². The second-order valence-corrected chi connectivity index (χ2v) is 4.57. The van der Waals surface area contributed by atoms with Crippen LogP contribution in [0.2, 0.25) is 0 Å². The van der Waals surface area contributed by atoms with Crippen molar-refractivity contribution in [3.05, 3.63) is 41.5 Å². The van der Waals surface area contributed by atoms with Gasteiger partial charge in [-0.1, -0.05) is 6.92 Å². The minimum Gasteiger partial charge on any atom is -0.368 e. The SMILES string of the molecule is CCc1ncc(C)c(NCCNc2ccc(C#N)cn2)n1. The third-order valence-electron chi connectivity index (χ3n) is 2.95. The Morgan fingerprint density at radius 2 is 1.95 bits per heavy atom. The van der Waals surface area contributed by atoms with E-state index in [1.54, 1.807) is 18.3 Å². The van der Waals surface area contributed by atoms with Gasteiger partial charge in [0.2, 0.25) is 0 Å². The van der Waals surface area contributed by atoms with E-state index in [0.717, 1.165) is 36.0 Å². The molecule has 21 heavy (non-hydrogen) atoms. The van der Waals surface area contributed by atoms with Gasteiger partial charge in [-0.3, -0.25) is 0 Å². The molecule has 0 spiro atoms. The molecule has 6 nitrogen and oxygen atoms in total. The molecule has 0 saturated heterocycles. The van der Waals surface area contributed by atoms with Gasteiger partial charge < -0.3 is 10.6 Å². The molecule has 0 aliphatic heterocycles. The highest BCUT2D eigenvalue weighted by Gasteiger charge is 2.02. The zero-order valence-corrected chi connectivity index (χ0v) is 12.2. The van der Waals surface area contributed by atoms with E-state index in [4.69, 9.17) is 5.26 Å². The third kappa shape index (κ3) is 4.14. The van der Waals surface area contributed by atoms with Crippen LogP contribution in [0.3, 0.4) is 0 Å². The number of hydrogen-bond donors (Lipinski definition) is 2. The first-order valence-corrected chi connectivity index (χ1v) is 6.89. The predicted molar refractivity (Wildman–Crippen MR) is 82.1 cm³/mol. The fourth-order valence-corrected chi connectivity index (χ4v) is 1.76. The number of rotatable bonds is 6. The van der Waals surface area contributed by atoms with Crippen molar-refractivity contribution in [2.75, 3.05) is 23.7 Å². The Kier molecular flexibility index (Phi) is 5.04. The molecule has 0 aliphatic carbocycles. The topological polar surface area (TPSA) is 86.5 Å². The number of anilines is 2. The summed E-state index contributed by atoms with van der Waals surface area (Å²) in [5.41, 5.74) is 1.59. The summed E-state index contributed by atoms with van der Waals surface area (Å²) in [6, 6.07) is 5.58. The van der Waals surface area contributed by atoms with Gasteiger partial charge in [0.05, 0.1) is 5.56 Å². The lowest BCUT2D eigenvalue weighted by Gasteiger charge is -2.10. The largest absolute Gasteiger partial charge is 0.368 e. The third-order valence-corrected chi connectivity index (χ3v) is 2.95. The summed E-state index contributed by atoms with van der Waals surface area (Å²) < 4.78 is 0. The lowest BCUT2D eigenvalue weighted by molar-refractivity contribution is 0.920. The molecule has 6 heteroatoms. The summed E-state index contributed by atoms with van der Waals surface area (Å²) in [4.78, 5) is 12.9. The summed E-state index contributed by atoms with van der Waals surface area (Å²) >= 11 is 0. The first-order chi connectivity index (χ1) is 10.2. The van der Waals surface area contributed by atoms with Crippen molar-refractivity contribution in [3.63, 3.8) is 0 Å². The molecule has 2 heterocycles. The van der Waals surface area contributed by atoms with E-state index < -0.39 is 0 Å². The molecule has 0 unspecified atom stereocenters. The van der Waals surface area contributed by atoms with Gasteiger partial charge in [0.25, 0.3) is 0 Å². The molecule has 108 valence electrons. The molecular weight excluding hydrogens is 264 g/mol. The highest BCUT2D eigenvalue weighted by Crippen LogP contribution is 2.10. The summed E-state index contributed by atoms with van der Waals surface area (Å²) in [6.07, 6.45) is 4.21. The Bertz CT molecular complexity index is 630. The second-order valence-electron chi connectivity index (χ2n) is 4.57. The van der Waals surface area contributed by atoms with Crippen LogP contribution in [0.15, 0.2) is 24.5 Å². The molecule has 0 radical (unpaired) electrons. The molecule has 2 aromatic rings. The van der Waals surface area contributed by atoms with Gasteiger partial charge in [-0.25, -0.2) is 15.0 Å². The lowest BCUT2D eigenvalue weighted by atomic mass is 10.3. The molecule has 0 bridgehead atoms. The number of hydrogen-bond acceptors (Lipinski definition) is 6. The number of pyridine rings is 1. The summed E-state index contributed by atoms with van der Waals surface area (Å²) in [5.74, 6) is 2.46. The smallest absolute Gasteiger partial charge is 0.132 e. The second kappa shape index (κ2) is 7.20. The number of aryl methyl sites for hydroxylation is 2. The maximum atomic E-state index is 8.70. The zero-order chi connectivity index (χ0) is 15.1. The van der Waals surface area contributed by atoms with Crippen molar-refractivity contribution >= 4 is 11.6 Å². The molecule has 2 rings (SSSR count). The van der Waals surface area contributed by atoms with Crippen LogP contribution >= 0.6 is 0 Å². The lowest BCUT2D eigenvalue weighted by Crippen LogP contribution is -2.16. The van der Waals surface area contributed by atoms with Crippen LogP contribution in [0.5, 0.6) is 0 Å². The zero-order valence-electron chi connectivity index (χ0n) is 12.2. The average Bonchev–Trinajstić information content (AvgIpc) is 2.53. The van der Waals surface area contributed by atoms with Gasteiger partial charge in [-0.15, -0.1) is 0 Å². The average molecular weight is 282 g/mol. The van der Waals surface area contributed by atoms with E-state index in [9.17, 15) is 0 Å². The Morgan fingerprint density at radius 1 is 1.14 bits per heavy atom. The molecule has 2 N–H and O–H groups in total. The van der Waals surface area contributed by atoms with Crippen molar-refractivity contribution in [1.82, 2.24) is 15.0 Å². The molecule has 0 atom stereocenters. The van der Waals surface area contributed by atoms with Gasteiger partial charge in [0, 0.05) is 37.5 Å². The van der Waals surface area contributed by atoms with Crippen LogP contribution < -0.4 is 10.6 Å². The Hall–Kier alpha value is -2.68. The first kappa shape index (κ1) is 14.7. The fourth-order valence-electron chi connectivity index (χ4n) is 1.76. The van der Waals surface area contributed by atoms with E-state index in [-0.39, 0.29) is 0 Å². The molecule has 2 aromatic heterocycles. The van der Waals surface area contributed by atoms with Gasteiger partial charge in [0.15, 0.2) is 0 Å². The minimum atomic E-state index is 0.558. The van der Waals surface area contributed by atoms with E-state index in [2.05, 4.69) is 25.6 Å². The number of nitrogens with zero attached hydrogens (tertiary/aromatic N) is 4. The van der Waals surface area contributed by atoms with Gasteiger partial charge in [-0.05, 0) is 19.1 Å². The van der Waals surface area contributed by atoms with Crippen molar-refractivity contribution < 1.29 is 0 Å². The summed E-state index contributed by atoms with van der Waals surface area (Å²) in [6.45, 7) is 5.45. The van der Waals surface area contributed by atoms with Crippen molar-refractivity contribution in [3.8, 4) is 6.07 Å². The van der Waals surface area contributed by atoms with Gasteiger partial charge >= 0.3 is 0 Å². The Labute approximate surface area is 124 Å². The Balaban J connectivity index is 1.83. The van der Waals surface area contributed by atoms with Gasteiger partial charge in [-0.2, -0.15) is 5.26 Å². The number of nitrogens with one attached hydrogen (secondary N) is 2. The first-order valence-electron chi connectivity index (χ1n) is 6.89. The van der Waals surface area contributed by atoms with E-state index >= 15 is 0 Å². The molecular formula is C15H18N6. The van der Waals surface area contributed by atoms with Crippen LogP contribution in [0.1, 0.15) is 23.9 Å². The van der Waals surface area contributed by atoms with E-state index in [0.29, 0.717) is 12.1 Å². The predicted octanol–water partition coefficient (Wildman–Crippen LogP) is 2.14. The Morgan fingerprint density at radius 3 is 2.62 bits per heavy atom. The maximum absolute atomic E-state index is 8.70. The van der Waals surface area contributed by atoms with Crippen LogP contribution in [0, 0.1) is 18.3 Å². The van der Waals surface area contributed by atoms with Crippen LogP contribution in [0.4, 0.5) is 11.6 Å². The molecule has 0 aromatic carbocycles. The summed E-state index contributed by atoms with van der Waals surface area (Å²) in [5, 5.41) is 15.2. The molecule has 0 amide bonds. The number of aromatic nitrogens is 3. The number of nitriles is 1. The normalized spacial score (nSPS) is 9.95. The highest BCUT2D eigenvalue weighted by atomic mass is 15.1. The van der Waals surface area contributed by atoms with Crippen molar-refractivity contribution in [1.29, 1.82) is 5.26 Å². The molecule has 0 fully saturated rings. The van der Waals surface area contributed by atoms with Crippen LogP contribution in [-0.4, -0.2) is 28.0 Å². The quantitative estimate of drug-likeness (QED) is 0.789. The van der Waals surface area contributed by atoms with Gasteiger partial charge in [0.1, 0.15) is 23.5 Å². The van der Waals surface area contributed by atoms with E-state index in [1.165, 1.54) is 0 Å². The monoisotopic (exact) mass is 282 g/mol. The fraction of sp³-hybridized carbons (Fsp3) is 0.333. The van der Waals surface area contributed by atoms with Crippen molar-refractivity contribution in [2.24, 2.45) is 0 Å². The van der Waals surface area contributed by atoms with Crippen molar-refractivity contribution in [2.45, 2.75) is 20.3 Å².